The van der Waals surface area contributed by atoms with Crippen LogP contribution in [0.1, 0.15) is 24.8 Å². The molecular weight excluding hydrogens is 264 g/mol. The fourth-order valence-electron chi connectivity index (χ4n) is 2.20. The number of nitrogens with two attached hydrogens (primary N) is 1. The van der Waals surface area contributed by atoms with Crippen molar-refractivity contribution in [3.63, 3.8) is 0 Å². The highest BCUT2D eigenvalue weighted by Crippen LogP contribution is 2.40. The summed E-state index contributed by atoms with van der Waals surface area (Å²) in [5, 5.41) is 3.54. The van der Waals surface area contributed by atoms with Crippen molar-refractivity contribution in [1.29, 1.82) is 0 Å². The molecule has 88 valence electrons. The summed E-state index contributed by atoms with van der Waals surface area (Å²) in [5.41, 5.74) is 8.71. The van der Waals surface area contributed by atoms with Crippen LogP contribution in [0.3, 0.4) is 0 Å². The van der Waals surface area contributed by atoms with Gasteiger partial charge in [0.15, 0.2) is 0 Å². The highest BCUT2D eigenvalue weighted by molar-refractivity contribution is 9.10. The first-order valence-electron chi connectivity index (χ1n) is 5.85. The molecule has 0 radical (unpaired) electrons. The first-order valence-corrected chi connectivity index (χ1v) is 6.65. The van der Waals surface area contributed by atoms with Gasteiger partial charge in [0, 0.05) is 16.7 Å². The van der Waals surface area contributed by atoms with Gasteiger partial charge < -0.3 is 11.1 Å². The van der Waals surface area contributed by atoms with Gasteiger partial charge in [0.2, 0.25) is 0 Å². The van der Waals surface area contributed by atoms with Crippen LogP contribution in [0.4, 0.5) is 5.69 Å². The zero-order chi connectivity index (χ0) is 11.6. The molecule has 1 fully saturated rings. The van der Waals surface area contributed by atoms with E-state index in [1.807, 2.05) is 0 Å². The fourth-order valence-corrected chi connectivity index (χ4v) is 2.56. The lowest BCUT2D eigenvalue weighted by atomic mass is 9.69. The Balaban J connectivity index is 2.01. The third kappa shape index (κ3) is 2.41. The Morgan fingerprint density at radius 1 is 1.44 bits per heavy atom. The van der Waals surface area contributed by atoms with Crippen molar-refractivity contribution in [2.45, 2.75) is 26.2 Å². The number of rotatable bonds is 4. The molecule has 0 spiro atoms. The molecule has 2 rings (SSSR count). The maximum absolute atomic E-state index is 5.85. The third-order valence-corrected chi connectivity index (χ3v) is 4.19. The molecule has 0 heterocycles. The topological polar surface area (TPSA) is 38.0 Å². The Labute approximate surface area is 106 Å². The first-order chi connectivity index (χ1) is 7.65. The molecular formula is C13H19BrN2. The minimum Gasteiger partial charge on any atom is -0.384 e. The van der Waals surface area contributed by atoms with Gasteiger partial charge in [-0.1, -0.05) is 28.4 Å². The lowest BCUT2D eigenvalue weighted by Gasteiger charge is -2.41. The van der Waals surface area contributed by atoms with Gasteiger partial charge >= 0.3 is 0 Å². The van der Waals surface area contributed by atoms with Gasteiger partial charge in [-0.05, 0) is 49.4 Å². The maximum Gasteiger partial charge on any atom is 0.0381 e. The summed E-state index contributed by atoms with van der Waals surface area (Å²) in [6.07, 6.45) is 3.86. The Hall–Kier alpha value is -0.540. The first kappa shape index (κ1) is 11.9. The monoisotopic (exact) mass is 282 g/mol. The minimum atomic E-state index is 0.356. The van der Waals surface area contributed by atoms with E-state index in [1.54, 1.807) is 0 Å². The number of aryl methyl sites for hydroxylation is 1. The lowest BCUT2D eigenvalue weighted by Crippen LogP contribution is -2.43. The van der Waals surface area contributed by atoms with Crippen molar-refractivity contribution in [3.05, 3.63) is 28.2 Å². The zero-order valence-corrected chi connectivity index (χ0v) is 11.3. The van der Waals surface area contributed by atoms with Gasteiger partial charge in [-0.25, -0.2) is 0 Å². The summed E-state index contributed by atoms with van der Waals surface area (Å²) >= 11 is 3.50. The van der Waals surface area contributed by atoms with E-state index in [0.717, 1.165) is 17.6 Å². The van der Waals surface area contributed by atoms with Crippen LogP contribution >= 0.6 is 15.9 Å². The van der Waals surface area contributed by atoms with Gasteiger partial charge in [0.25, 0.3) is 0 Å². The van der Waals surface area contributed by atoms with Gasteiger partial charge in [-0.15, -0.1) is 0 Å². The molecule has 16 heavy (non-hydrogen) atoms. The van der Waals surface area contributed by atoms with Crippen molar-refractivity contribution < 1.29 is 0 Å². The molecule has 1 aliphatic rings. The Morgan fingerprint density at radius 2 is 2.19 bits per heavy atom. The summed E-state index contributed by atoms with van der Waals surface area (Å²) in [5.74, 6) is 0. The molecule has 0 bridgehead atoms. The van der Waals surface area contributed by atoms with Crippen molar-refractivity contribution in [3.8, 4) is 0 Å². The van der Waals surface area contributed by atoms with Crippen LogP contribution in [0.5, 0.6) is 0 Å². The van der Waals surface area contributed by atoms with Crippen molar-refractivity contribution in [2.24, 2.45) is 11.1 Å². The van der Waals surface area contributed by atoms with E-state index in [-0.39, 0.29) is 0 Å². The second kappa shape index (κ2) is 4.76. The molecule has 3 N–H and O–H groups in total. The van der Waals surface area contributed by atoms with Gasteiger partial charge in [0.05, 0.1) is 0 Å². The Bertz CT molecular complexity index is 367. The summed E-state index contributed by atoms with van der Waals surface area (Å²) in [4.78, 5) is 0. The standard InChI is InChI=1S/C13H19BrN2/c1-10-3-4-11(14)7-12(10)16-9-13(8-15)5-2-6-13/h3-4,7,16H,2,5-6,8-9,15H2,1H3. The molecule has 0 unspecified atom stereocenters. The van der Waals surface area contributed by atoms with Crippen LogP contribution in [0.25, 0.3) is 0 Å². The maximum atomic E-state index is 5.85. The summed E-state index contributed by atoms with van der Waals surface area (Å²) in [6.45, 7) is 3.93. The van der Waals surface area contributed by atoms with Crippen molar-refractivity contribution in [1.82, 2.24) is 0 Å². The van der Waals surface area contributed by atoms with Gasteiger partial charge in [-0.2, -0.15) is 0 Å². The van der Waals surface area contributed by atoms with Crippen LogP contribution < -0.4 is 11.1 Å². The minimum absolute atomic E-state index is 0.356. The molecule has 0 atom stereocenters. The second-order valence-corrected chi connectivity index (χ2v) is 5.79. The van der Waals surface area contributed by atoms with Gasteiger partial charge in [-0.3, -0.25) is 0 Å². The zero-order valence-electron chi connectivity index (χ0n) is 9.72. The highest BCUT2D eigenvalue weighted by atomic mass is 79.9. The number of anilines is 1. The van der Waals surface area contributed by atoms with E-state index < -0.39 is 0 Å². The normalized spacial score (nSPS) is 17.9. The quantitative estimate of drug-likeness (QED) is 0.889. The molecule has 0 aliphatic heterocycles. The van der Waals surface area contributed by atoms with E-state index in [9.17, 15) is 0 Å². The molecule has 1 aromatic rings. The predicted molar refractivity (Wildman–Crippen MR) is 72.7 cm³/mol. The van der Waals surface area contributed by atoms with E-state index >= 15 is 0 Å². The average molecular weight is 283 g/mol. The number of hydrogen-bond acceptors (Lipinski definition) is 2. The summed E-state index contributed by atoms with van der Waals surface area (Å²) < 4.78 is 1.12. The number of halogens is 1. The molecule has 0 amide bonds. The fraction of sp³-hybridized carbons (Fsp3) is 0.538. The van der Waals surface area contributed by atoms with Crippen molar-refractivity contribution >= 4 is 21.6 Å². The molecule has 0 saturated heterocycles. The molecule has 0 aromatic heterocycles. The van der Waals surface area contributed by atoms with E-state index in [2.05, 4.69) is 46.4 Å². The van der Waals surface area contributed by atoms with E-state index in [4.69, 9.17) is 5.73 Å². The molecule has 2 nitrogen and oxygen atoms in total. The highest BCUT2D eigenvalue weighted by Gasteiger charge is 2.35. The Morgan fingerprint density at radius 3 is 2.75 bits per heavy atom. The third-order valence-electron chi connectivity index (χ3n) is 3.70. The SMILES string of the molecule is Cc1ccc(Br)cc1NCC1(CN)CCC1. The second-order valence-electron chi connectivity index (χ2n) is 4.87. The number of hydrogen-bond donors (Lipinski definition) is 2. The predicted octanol–water partition coefficient (Wildman–Crippen LogP) is 3.30. The Kier molecular flexibility index (Phi) is 3.55. The van der Waals surface area contributed by atoms with Crippen LogP contribution in [0.2, 0.25) is 0 Å². The van der Waals surface area contributed by atoms with Crippen molar-refractivity contribution in [2.75, 3.05) is 18.4 Å². The van der Waals surface area contributed by atoms with Crippen LogP contribution in [0.15, 0.2) is 22.7 Å². The summed E-state index contributed by atoms with van der Waals surface area (Å²) in [7, 11) is 0. The summed E-state index contributed by atoms with van der Waals surface area (Å²) in [6, 6.07) is 6.34. The van der Waals surface area contributed by atoms with Crippen LogP contribution in [-0.4, -0.2) is 13.1 Å². The smallest absolute Gasteiger partial charge is 0.0381 e. The molecule has 1 saturated carbocycles. The lowest BCUT2D eigenvalue weighted by molar-refractivity contribution is 0.163. The van der Waals surface area contributed by atoms with E-state index in [0.29, 0.717) is 5.41 Å². The van der Waals surface area contributed by atoms with E-state index in [1.165, 1.54) is 30.5 Å². The van der Waals surface area contributed by atoms with Crippen LogP contribution in [-0.2, 0) is 0 Å². The number of benzene rings is 1. The van der Waals surface area contributed by atoms with Crippen LogP contribution in [0, 0.1) is 12.3 Å². The average Bonchev–Trinajstić information content (AvgIpc) is 2.22. The number of nitrogens with one attached hydrogen (secondary N) is 1. The van der Waals surface area contributed by atoms with Gasteiger partial charge in [0.1, 0.15) is 0 Å². The molecule has 1 aromatic carbocycles. The largest absolute Gasteiger partial charge is 0.384 e. The molecule has 3 heteroatoms. The molecule has 1 aliphatic carbocycles.